The summed E-state index contributed by atoms with van der Waals surface area (Å²) in [5, 5.41) is 2.84. The van der Waals surface area contributed by atoms with E-state index in [2.05, 4.69) is 35.1 Å². The van der Waals surface area contributed by atoms with Gasteiger partial charge in [-0.15, -0.1) is 11.3 Å². The minimum atomic E-state index is -0.400. The Bertz CT molecular complexity index is 352. The Kier molecular flexibility index (Phi) is 5.44. The number of carbonyl (C=O) groups is 1. The van der Waals surface area contributed by atoms with Gasteiger partial charge in [-0.25, -0.2) is 0 Å². The number of carbonyl (C=O) groups excluding carboxylic acids is 1. The molecule has 0 bridgehead atoms. The molecule has 1 atom stereocenters. The third-order valence-corrected chi connectivity index (χ3v) is 3.75. The van der Waals surface area contributed by atoms with E-state index in [-0.39, 0.29) is 5.91 Å². The van der Waals surface area contributed by atoms with Gasteiger partial charge >= 0.3 is 0 Å². The summed E-state index contributed by atoms with van der Waals surface area (Å²) in [6.45, 7) is 4.67. The van der Waals surface area contributed by atoms with Crippen LogP contribution in [0.1, 0.15) is 25.1 Å². The van der Waals surface area contributed by atoms with Gasteiger partial charge in [-0.1, -0.05) is 13.8 Å². The van der Waals surface area contributed by atoms with Gasteiger partial charge in [0.1, 0.15) is 0 Å². The van der Waals surface area contributed by atoms with Crippen molar-refractivity contribution in [3.63, 3.8) is 0 Å². The number of thiophene rings is 1. The maximum absolute atomic E-state index is 11.6. The Hall–Kier alpha value is -0.390. The molecular formula is C11H17BrN2OS. The number of halogens is 1. The quantitative estimate of drug-likeness (QED) is 0.878. The van der Waals surface area contributed by atoms with E-state index < -0.39 is 6.04 Å². The van der Waals surface area contributed by atoms with Gasteiger partial charge in [0.2, 0.25) is 5.91 Å². The Morgan fingerprint density at radius 2 is 2.25 bits per heavy atom. The molecule has 0 saturated heterocycles. The van der Waals surface area contributed by atoms with E-state index in [0.29, 0.717) is 12.5 Å². The van der Waals surface area contributed by atoms with E-state index in [1.807, 2.05) is 12.1 Å². The van der Waals surface area contributed by atoms with Crippen LogP contribution >= 0.6 is 27.3 Å². The monoisotopic (exact) mass is 304 g/mol. The lowest BCUT2D eigenvalue weighted by atomic mass is 10.0. The molecule has 90 valence electrons. The maximum Gasteiger partial charge on any atom is 0.237 e. The van der Waals surface area contributed by atoms with E-state index in [9.17, 15) is 4.79 Å². The van der Waals surface area contributed by atoms with Crippen molar-refractivity contribution < 1.29 is 4.79 Å². The van der Waals surface area contributed by atoms with Gasteiger partial charge in [0.05, 0.1) is 16.4 Å². The van der Waals surface area contributed by atoms with Crippen molar-refractivity contribution in [2.45, 2.75) is 32.9 Å². The topological polar surface area (TPSA) is 55.1 Å². The number of hydrogen-bond donors (Lipinski definition) is 2. The average Bonchev–Trinajstić information content (AvgIpc) is 2.59. The van der Waals surface area contributed by atoms with Crippen LogP contribution in [0.15, 0.2) is 15.9 Å². The lowest BCUT2D eigenvalue weighted by Gasteiger charge is -2.13. The minimum Gasteiger partial charge on any atom is -0.350 e. The molecule has 0 unspecified atom stereocenters. The normalized spacial score (nSPS) is 12.8. The van der Waals surface area contributed by atoms with Gasteiger partial charge in [0.25, 0.3) is 0 Å². The van der Waals surface area contributed by atoms with Gasteiger partial charge in [-0.2, -0.15) is 0 Å². The fourth-order valence-corrected chi connectivity index (χ4v) is 2.79. The lowest BCUT2D eigenvalue weighted by Crippen LogP contribution is -2.40. The molecule has 0 fully saturated rings. The number of nitrogens with two attached hydrogens (primary N) is 1. The average molecular weight is 305 g/mol. The van der Waals surface area contributed by atoms with Gasteiger partial charge in [-0.05, 0) is 40.4 Å². The Morgan fingerprint density at radius 1 is 1.56 bits per heavy atom. The first-order chi connectivity index (χ1) is 7.49. The highest BCUT2D eigenvalue weighted by molar-refractivity contribution is 9.11. The fraction of sp³-hybridized carbons (Fsp3) is 0.545. The molecule has 1 amide bonds. The van der Waals surface area contributed by atoms with E-state index in [4.69, 9.17) is 5.73 Å². The van der Waals surface area contributed by atoms with Crippen LogP contribution in [0.2, 0.25) is 0 Å². The summed E-state index contributed by atoms with van der Waals surface area (Å²) >= 11 is 5.00. The van der Waals surface area contributed by atoms with Crippen molar-refractivity contribution in [2.24, 2.45) is 11.7 Å². The summed E-state index contributed by atoms with van der Waals surface area (Å²) in [5.74, 6) is 0.370. The maximum atomic E-state index is 11.6. The molecule has 3 nitrogen and oxygen atoms in total. The molecule has 1 aromatic heterocycles. The second-order valence-electron chi connectivity index (χ2n) is 4.16. The van der Waals surface area contributed by atoms with Gasteiger partial charge < -0.3 is 11.1 Å². The van der Waals surface area contributed by atoms with Crippen LogP contribution in [0.4, 0.5) is 0 Å². The molecule has 0 aliphatic rings. The molecule has 0 aromatic carbocycles. The minimum absolute atomic E-state index is 0.0711. The largest absolute Gasteiger partial charge is 0.350 e. The van der Waals surface area contributed by atoms with Gasteiger partial charge in [-0.3, -0.25) is 4.79 Å². The summed E-state index contributed by atoms with van der Waals surface area (Å²) in [4.78, 5) is 12.7. The van der Waals surface area contributed by atoms with E-state index in [0.717, 1.165) is 15.1 Å². The van der Waals surface area contributed by atoms with Crippen LogP contribution in [0.5, 0.6) is 0 Å². The van der Waals surface area contributed by atoms with E-state index in [1.165, 1.54) is 0 Å². The summed E-state index contributed by atoms with van der Waals surface area (Å²) in [7, 11) is 0. The molecule has 0 aliphatic carbocycles. The molecule has 1 aromatic rings. The highest BCUT2D eigenvalue weighted by atomic mass is 79.9. The van der Waals surface area contributed by atoms with Crippen LogP contribution in [-0.4, -0.2) is 11.9 Å². The molecule has 0 radical (unpaired) electrons. The highest BCUT2D eigenvalue weighted by Crippen LogP contribution is 2.21. The fourth-order valence-electron chi connectivity index (χ4n) is 1.37. The molecule has 1 heterocycles. The second-order valence-corrected chi connectivity index (χ2v) is 6.71. The molecule has 16 heavy (non-hydrogen) atoms. The SMILES string of the molecule is CC(C)C[C@H](N)C(=O)NCc1ccc(Br)s1. The number of hydrogen-bond acceptors (Lipinski definition) is 3. The summed E-state index contributed by atoms with van der Waals surface area (Å²) in [5.41, 5.74) is 5.77. The van der Waals surface area contributed by atoms with Crippen molar-refractivity contribution in [1.82, 2.24) is 5.32 Å². The van der Waals surface area contributed by atoms with Crippen LogP contribution in [0.25, 0.3) is 0 Å². The molecule has 0 saturated carbocycles. The van der Waals surface area contributed by atoms with Crippen molar-refractivity contribution in [2.75, 3.05) is 0 Å². The predicted octanol–water partition coefficient (Wildman–Crippen LogP) is 2.50. The first-order valence-corrected chi connectivity index (χ1v) is 6.87. The molecule has 0 aliphatic heterocycles. The van der Waals surface area contributed by atoms with E-state index >= 15 is 0 Å². The third kappa shape index (κ3) is 4.63. The summed E-state index contributed by atoms with van der Waals surface area (Å²) < 4.78 is 1.07. The Morgan fingerprint density at radius 3 is 2.75 bits per heavy atom. The zero-order valence-corrected chi connectivity index (χ0v) is 11.9. The van der Waals surface area contributed by atoms with Gasteiger partial charge in [0, 0.05) is 4.88 Å². The molecule has 5 heteroatoms. The van der Waals surface area contributed by atoms with Crippen LogP contribution < -0.4 is 11.1 Å². The lowest BCUT2D eigenvalue weighted by molar-refractivity contribution is -0.122. The first kappa shape index (κ1) is 13.7. The van der Waals surface area contributed by atoms with Crippen LogP contribution in [-0.2, 0) is 11.3 Å². The van der Waals surface area contributed by atoms with E-state index in [1.54, 1.807) is 11.3 Å². The van der Waals surface area contributed by atoms with Crippen molar-refractivity contribution in [1.29, 1.82) is 0 Å². The van der Waals surface area contributed by atoms with Crippen molar-refractivity contribution >= 4 is 33.2 Å². The smallest absolute Gasteiger partial charge is 0.237 e. The number of nitrogens with one attached hydrogen (secondary N) is 1. The summed E-state index contributed by atoms with van der Waals surface area (Å²) in [6, 6.07) is 3.56. The van der Waals surface area contributed by atoms with Crippen LogP contribution in [0.3, 0.4) is 0 Å². The molecular weight excluding hydrogens is 288 g/mol. The predicted molar refractivity (Wildman–Crippen MR) is 71.3 cm³/mol. The first-order valence-electron chi connectivity index (χ1n) is 5.26. The standard InChI is InChI=1S/C11H17BrN2OS/c1-7(2)5-9(13)11(15)14-6-8-3-4-10(12)16-8/h3-4,7,9H,5-6,13H2,1-2H3,(H,14,15)/t9-/m0/s1. The molecule has 3 N–H and O–H groups in total. The van der Waals surface area contributed by atoms with Crippen molar-refractivity contribution in [3.8, 4) is 0 Å². The van der Waals surface area contributed by atoms with Crippen molar-refractivity contribution in [3.05, 3.63) is 20.8 Å². The second kappa shape index (κ2) is 6.37. The number of amides is 1. The summed E-state index contributed by atoms with van der Waals surface area (Å²) in [6.07, 6.45) is 0.722. The Balaban J connectivity index is 2.35. The third-order valence-electron chi connectivity index (χ3n) is 2.13. The zero-order chi connectivity index (χ0) is 12.1. The Labute approximate surface area is 109 Å². The molecule has 0 spiro atoms. The zero-order valence-electron chi connectivity index (χ0n) is 9.50. The molecule has 1 rings (SSSR count). The van der Waals surface area contributed by atoms with Crippen LogP contribution in [0, 0.1) is 5.92 Å². The number of rotatable bonds is 5. The highest BCUT2D eigenvalue weighted by Gasteiger charge is 2.14. The van der Waals surface area contributed by atoms with Gasteiger partial charge in [0.15, 0.2) is 0 Å².